The van der Waals surface area contributed by atoms with E-state index in [1.54, 1.807) is 0 Å². The van der Waals surface area contributed by atoms with Crippen molar-refractivity contribution in [3.63, 3.8) is 0 Å². The Balaban J connectivity index is 1.28. The van der Waals surface area contributed by atoms with E-state index in [0.717, 1.165) is 11.4 Å². The molecule has 0 aliphatic heterocycles. The van der Waals surface area contributed by atoms with Crippen LogP contribution in [0.25, 0.3) is 52.0 Å². The zero-order valence-corrected chi connectivity index (χ0v) is 29.3. The second kappa shape index (κ2) is 11.9. The maximum absolute atomic E-state index is 2.46. The van der Waals surface area contributed by atoms with Crippen LogP contribution in [0.2, 0.25) is 0 Å². The summed E-state index contributed by atoms with van der Waals surface area (Å²) >= 11 is 0.236. The van der Waals surface area contributed by atoms with Crippen LogP contribution in [-0.2, 0) is 5.41 Å². The van der Waals surface area contributed by atoms with Crippen LogP contribution in [0.4, 0.5) is 17.1 Å². The van der Waals surface area contributed by atoms with Gasteiger partial charge in [-0.05, 0) is 0 Å². The van der Waals surface area contributed by atoms with E-state index in [2.05, 4.69) is 195 Å². The minimum atomic E-state index is -0.116. The summed E-state index contributed by atoms with van der Waals surface area (Å²) < 4.78 is 2.96. The van der Waals surface area contributed by atoms with E-state index in [4.69, 9.17) is 0 Å². The summed E-state index contributed by atoms with van der Waals surface area (Å²) in [6, 6.07) is 64.8. The Morgan fingerprint density at radius 3 is 1.73 bits per heavy atom. The first-order valence-electron chi connectivity index (χ1n) is 16.9. The average molecular weight is 693 g/mol. The monoisotopic (exact) mass is 693 g/mol. The van der Waals surface area contributed by atoms with Crippen molar-refractivity contribution in [2.24, 2.45) is 0 Å². The van der Waals surface area contributed by atoms with Gasteiger partial charge in [0.05, 0.1) is 0 Å². The Morgan fingerprint density at radius 2 is 1.00 bits per heavy atom. The third-order valence-electron chi connectivity index (χ3n) is 10.2. The summed E-state index contributed by atoms with van der Waals surface area (Å²) in [5.41, 5.74) is 8.41. The second-order valence-corrected chi connectivity index (χ2v) is 15.6. The van der Waals surface area contributed by atoms with Crippen molar-refractivity contribution in [3.8, 4) is 11.1 Å². The van der Waals surface area contributed by atoms with Crippen LogP contribution >= 0.6 is 0 Å². The van der Waals surface area contributed by atoms with E-state index < -0.39 is 0 Å². The second-order valence-electron chi connectivity index (χ2n) is 13.4. The van der Waals surface area contributed by atoms with Gasteiger partial charge in [-0.1, -0.05) is 24.3 Å². The third kappa shape index (κ3) is 5.08. The molecule has 0 bridgehead atoms. The van der Waals surface area contributed by atoms with Gasteiger partial charge in [-0.25, -0.2) is 0 Å². The van der Waals surface area contributed by atoms with Crippen molar-refractivity contribution in [2.45, 2.75) is 19.3 Å². The maximum atomic E-state index is 2.46. The van der Waals surface area contributed by atoms with Gasteiger partial charge in [0.15, 0.2) is 0 Å². The molecule has 2 heteroatoms. The SMILES string of the molecule is CC(C)(c1ccccc1)c1ccc(N(c2ccc(-c3ccccc3)cc2)c2cc3ccccc3c3c2ccc2c4ccccc4[se]c23)cc1. The fourth-order valence-electron chi connectivity index (χ4n) is 7.44. The molecule has 0 fully saturated rings. The molecule has 0 saturated heterocycles. The van der Waals surface area contributed by atoms with Gasteiger partial charge in [0.1, 0.15) is 0 Å². The van der Waals surface area contributed by atoms with Crippen LogP contribution in [0.3, 0.4) is 0 Å². The van der Waals surface area contributed by atoms with E-state index >= 15 is 0 Å². The normalized spacial score (nSPS) is 11.9. The van der Waals surface area contributed by atoms with Gasteiger partial charge < -0.3 is 0 Å². The molecule has 0 atom stereocenters. The molecule has 49 heavy (non-hydrogen) atoms. The zero-order chi connectivity index (χ0) is 33.0. The Labute approximate surface area is 293 Å². The number of hydrogen-bond acceptors (Lipinski definition) is 1. The Kier molecular flexibility index (Phi) is 7.24. The predicted octanol–water partition coefficient (Wildman–Crippen LogP) is 12.8. The molecule has 0 unspecified atom stereocenters. The Bertz CT molecular complexity index is 2600. The quantitative estimate of drug-likeness (QED) is 0.124. The van der Waals surface area contributed by atoms with Crippen LogP contribution in [0, 0.1) is 0 Å². The molecule has 0 saturated carbocycles. The first-order valence-corrected chi connectivity index (χ1v) is 18.6. The molecule has 234 valence electrons. The first kappa shape index (κ1) is 29.7. The summed E-state index contributed by atoms with van der Waals surface area (Å²) in [5.74, 6) is 0. The van der Waals surface area contributed by atoms with Gasteiger partial charge in [-0.15, -0.1) is 0 Å². The van der Waals surface area contributed by atoms with Gasteiger partial charge in [-0.2, -0.15) is 0 Å². The predicted molar refractivity (Wildman–Crippen MR) is 212 cm³/mol. The van der Waals surface area contributed by atoms with Gasteiger partial charge in [0, 0.05) is 0 Å². The molecule has 9 rings (SSSR count). The van der Waals surface area contributed by atoms with E-state index in [0.29, 0.717) is 0 Å². The van der Waals surface area contributed by atoms with Gasteiger partial charge in [0.2, 0.25) is 0 Å². The number of benzene rings is 8. The molecule has 0 radical (unpaired) electrons. The molecule has 0 spiro atoms. The molecular formula is C47H35NSe. The minimum absolute atomic E-state index is 0.116. The van der Waals surface area contributed by atoms with E-state index in [1.807, 2.05) is 0 Å². The van der Waals surface area contributed by atoms with Crippen LogP contribution in [0.1, 0.15) is 25.0 Å². The van der Waals surface area contributed by atoms with E-state index in [-0.39, 0.29) is 19.9 Å². The van der Waals surface area contributed by atoms with Gasteiger partial charge >= 0.3 is 270 Å². The van der Waals surface area contributed by atoms with Gasteiger partial charge in [0.25, 0.3) is 0 Å². The number of hydrogen-bond donors (Lipinski definition) is 0. The molecule has 0 aliphatic rings. The number of anilines is 3. The topological polar surface area (TPSA) is 3.24 Å². The molecular weight excluding hydrogens is 657 g/mol. The zero-order valence-electron chi connectivity index (χ0n) is 27.6. The fraction of sp³-hybridized carbons (Fsp3) is 0.0638. The van der Waals surface area contributed by atoms with Crippen LogP contribution in [0.5, 0.6) is 0 Å². The number of fused-ring (bicyclic) bond motifs is 7. The standard InChI is InChI=1S/C47H35NSe/c1-47(2,35-16-7-4-8-17-35)36-23-27-38(28-24-36)48(37-25-21-33(22-26-37)32-13-5-3-6-14-32)43-31-34-15-9-10-18-39(34)45-42(43)30-29-41-40-19-11-12-20-44(40)49-46(41)45/h3-31H,1-2H3. The fourth-order valence-corrected chi connectivity index (χ4v) is 10.1. The number of nitrogens with zero attached hydrogens (tertiary/aromatic N) is 1. The Hall–Kier alpha value is -5.40. The van der Waals surface area contributed by atoms with Crippen molar-refractivity contribution in [1.82, 2.24) is 0 Å². The van der Waals surface area contributed by atoms with Crippen LogP contribution in [-0.4, -0.2) is 14.5 Å². The Morgan fingerprint density at radius 1 is 0.449 bits per heavy atom. The van der Waals surface area contributed by atoms with E-state index in [9.17, 15) is 0 Å². The molecule has 0 aliphatic carbocycles. The first-order chi connectivity index (χ1) is 24.1. The van der Waals surface area contributed by atoms with Crippen molar-refractivity contribution in [1.29, 1.82) is 0 Å². The molecule has 8 aromatic carbocycles. The van der Waals surface area contributed by atoms with Crippen molar-refractivity contribution in [3.05, 3.63) is 187 Å². The van der Waals surface area contributed by atoms with Crippen LogP contribution < -0.4 is 4.90 Å². The summed E-state index contributed by atoms with van der Waals surface area (Å²) in [7, 11) is 0. The summed E-state index contributed by atoms with van der Waals surface area (Å²) in [5, 5.41) is 8.03. The van der Waals surface area contributed by atoms with Crippen molar-refractivity contribution < 1.29 is 0 Å². The summed E-state index contributed by atoms with van der Waals surface area (Å²) in [6.45, 7) is 4.63. The van der Waals surface area contributed by atoms with Crippen molar-refractivity contribution in [2.75, 3.05) is 4.90 Å². The molecule has 1 heterocycles. The molecule has 1 nitrogen and oxygen atoms in total. The van der Waals surface area contributed by atoms with Gasteiger partial charge in [-0.3, -0.25) is 0 Å². The molecule has 9 aromatic rings. The molecule has 1 aromatic heterocycles. The third-order valence-corrected chi connectivity index (χ3v) is 12.7. The summed E-state index contributed by atoms with van der Waals surface area (Å²) in [4.78, 5) is 2.46. The van der Waals surface area contributed by atoms with Crippen molar-refractivity contribution >= 4 is 72.4 Å². The summed E-state index contributed by atoms with van der Waals surface area (Å²) in [6.07, 6.45) is 0. The average Bonchev–Trinajstić information content (AvgIpc) is 3.55. The van der Waals surface area contributed by atoms with E-state index in [1.165, 1.54) is 68.8 Å². The number of rotatable bonds is 6. The molecule has 0 N–H and O–H groups in total. The molecule has 0 amide bonds. The van der Waals surface area contributed by atoms with Crippen LogP contribution in [0.15, 0.2) is 176 Å².